The molecular weight excluding hydrogens is 375 g/mol. The Kier molecular flexibility index (Phi) is 6.74. The molecule has 0 spiro atoms. The minimum absolute atomic E-state index is 0.105. The summed E-state index contributed by atoms with van der Waals surface area (Å²) in [6, 6.07) is 8.74. The van der Waals surface area contributed by atoms with Crippen LogP contribution in [0.5, 0.6) is 0 Å². The summed E-state index contributed by atoms with van der Waals surface area (Å²) < 4.78 is 22.8. The molecule has 2 aromatic rings. The van der Waals surface area contributed by atoms with Crippen LogP contribution in [-0.2, 0) is 20.8 Å². The lowest BCUT2D eigenvalue weighted by molar-refractivity contribution is -0.384. The summed E-state index contributed by atoms with van der Waals surface area (Å²) in [5.41, 5.74) is -0.772. The SMILES string of the molecule is COC(=O)c1cc(C(=O)OCC(=O)NCc2ccccc2F)cc([N+](=O)[O-])c1. The zero-order valence-corrected chi connectivity index (χ0v) is 14.6. The fourth-order valence-corrected chi connectivity index (χ4v) is 2.17. The van der Waals surface area contributed by atoms with E-state index < -0.39 is 40.9 Å². The average molecular weight is 390 g/mol. The van der Waals surface area contributed by atoms with E-state index in [0.717, 1.165) is 25.3 Å². The Bertz CT molecular complexity index is 930. The fraction of sp³-hybridized carbons (Fsp3) is 0.167. The largest absolute Gasteiger partial charge is 0.465 e. The van der Waals surface area contributed by atoms with E-state index in [4.69, 9.17) is 4.74 Å². The number of rotatable bonds is 7. The van der Waals surface area contributed by atoms with Gasteiger partial charge >= 0.3 is 11.9 Å². The molecule has 10 heteroatoms. The summed E-state index contributed by atoms with van der Waals surface area (Å²) >= 11 is 0. The molecule has 0 heterocycles. The number of benzene rings is 2. The van der Waals surface area contributed by atoms with E-state index in [1.807, 2.05) is 0 Å². The molecule has 146 valence electrons. The quantitative estimate of drug-likeness (QED) is 0.435. The van der Waals surface area contributed by atoms with Crippen molar-refractivity contribution in [2.45, 2.75) is 6.54 Å². The second kappa shape index (κ2) is 9.21. The molecule has 0 bridgehead atoms. The first-order chi connectivity index (χ1) is 13.3. The zero-order chi connectivity index (χ0) is 20.7. The maximum absolute atomic E-state index is 13.5. The lowest BCUT2D eigenvalue weighted by atomic mass is 10.1. The molecule has 1 amide bonds. The molecule has 0 unspecified atom stereocenters. The van der Waals surface area contributed by atoms with Crippen molar-refractivity contribution in [1.29, 1.82) is 0 Å². The number of carbonyl (C=O) groups is 3. The van der Waals surface area contributed by atoms with Gasteiger partial charge in [-0.05, 0) is 12.1 Å². The molecule has 9 nitrogen and oxygen atoms in total. The lowest BCUT2D eigenvalue weighted by Crippen LogP contribution is -2.28. The smallest absolute Gasteiger partial charge is 0.338 e. The molecule has 2 aromatic carbocycles. The van der Waals surface area contributed by atoms with Gasteiger partial charge in [0.2, 0.25) is 0 Å². The molecule has 0 saturated heterocycles. The van der Waals surface area contributed by atoms with Gasteiger partial charge in [-0.25, -0.2) is 14.0 Å². The number of nitrogens with one attached hydrogen (secondary N) is 1. The number of carbonyl (C=O) groups excluding carboxylic acids is 3. The Morgan fingerprint density at radius 3 is 2.36 bits per heavy atom. The maximum atomic E-state index is 13.5. The van der Waals surface area contributed by atoms with Gasteiger partial charge in [-0.3, -0.25) is 14.9 Å². The summed E-state index contributed by atoms with van der Waals surface area (Å²) in [5, 5.41) is 13.3. The Labute approximate surface area is 158 Å². The van der Waals surface area contributed by atoms with Gasteiger partial charge in [0.05, 0.1) is 23.2 Å². The highest BCUT2D eigenvalue weighted by Gasteiger charge is 2.20. The summed E-state index contributed by atoms with van der Waals surface area (Å²) in [4.78, 5) is 45.6. The molecule has 0 atom stereocenters. The zero-order valence-electron chi connectivity index (χ0n) is 14.6. The van der Waals surface area contributed by atoms with Crippen molar-refractivity contribution < 1.29 is 33.2 Å². The summed E-state index contributed by atoms with van der Waals surface area (Å²) in [6.07, 6.45) is 0. The highest BCUT2D eigenvalue weighted by atomic mass is 19.1. The van der Waals surface area contributed by atoms with Crippen LogP contribution in [0.25, 0.3) is 0 Å². The number of nitro groups is 1. The monoisotopic (exact) mass is 390 g/mol. The van der Waals surface area contributed by atoms with Crippen LogP contribution in [0, 0.1) is 15.9 Å². The molecule has 28 heavy (non-hydrogen) atoms. The minimum atomic E-state index is -1.05. The van der Waals surface area contributed by atoms with Crippen LogP contribution in [0.2, 0.25) is 0 Å². The van der Waals surface area contributed by atoms with E-state index in [1.54, 1.807) is 6.07 Å². The third kappa shape index (κ3) is 5.34. The van der Waals surface area contributed by atoms with Crippen molar-refractivity contribution in [2.75, 3.05) is 13.7 Å². The maximum Gasteiger partial charge on any atom is 0.338 e. The number of ether oxygens (including phenoxy) is 2. The van der Waals surface area contributed by atoms with Crippen LogP contribution in [-0.4, -0.2) is 36.5 Å². The Morgan fingerprint density at radius 2 is 1.75 bits per heavy atom. The summed E-state index contributed by atoms with van der Waals surface area (Å²) in [5.74, 6) is -3.11. The molecular formula is C18H15FN2O7. The van der Waals surface area contributed by atoms with Gasteiger partial charge in [0, 0.05) is 24.2 Å². The second-order valence-corrected chi connectivity index (χ2v) is 5.46. The fourth-order valence-electron chi connectivity index (χ4n) is 2.17. The topological polar surface area (TPSA) is 125 Å². The molecule has 0 aliphatic carbocycles. The van der Waals surface area contributed by atoms with Crippen molar-refractivity contribution in [1.82, 2.24) is 5.32 Å². The van der Waals surface area contributed by atoms with Crippen molar-refractivity contribution in [3.63, 3.8) is 0 Å². The molecule has 0 fully saturated rings. The van der Waals surface area contributed by atoms with Crippen LogP contribution >= 0.6 is 0 Å². The van der Waals surface area contributed by atoms with Crippen LogP contribution < -0.4 is 5.32 Å². The third-order valence-corrected chi connectivity index (χ3v) is 3.55. The number of halogens is 1. The highest BCUT2D eigenvalue weighted by molar-refractivity contribution is 5.97. The number of hydrogen-bond donors (Lipinski definition) is 1. The average Bonchev–Trinajstić information content (AvgIpc) is 2.70. The van der Waals surface area contributed by atoms with E-state index in [9.17, 15) is 28.9 Å². The number of non-ortho nitro benzene ring substituents is 1. The Balaban J connectivity index is 2.01. The number of nitro benzene ring substituents is 1. The molecule has 0 aliphatic rings. The van der Waals surface area contributed by atoms with Crippen LogP contribution in [0.1, 0.15) is 26.3 Å². The van der Waals surface area contributed by atoms with Gasteiger partial charge in [0.15, 0.2) is 6.61 Å². The van der Waals surface area contributed by atoms with Crippen LogP contribution in [0.15, 0.2) is 42.5 Å². The van der Waals surface area contributed by atoms with Crippen molar-refractivity contribution in [3.05, 3.63) is 75.1 Å². The van der Waals surface area contributed by atoms with E-state index in [-0.39, 0.29) is 23.2 Å². The van der Waals surface area contributed by atoms with Crippen molar-refractivity contribution >= 4 is 23.5 Å². The number of methoxy groups -OCH3 is 1. The second-order valence-electron chi connectivity index (χ2n) is 5.46. The Hall–Kier alpha value is -3.82. The third-order valence-electron chi connectivity index (χ3n) is 3.55. The molecule has 0 radical (unpaired) electrons. The van der Waals surface area contributed by atoms with Crippen LogP contribution in [0.3, 0.4) is 0 Å². The van der Waals surface area contributed by atoms with Crippen molar-refractivity contribution in [2.24, 2.45) is 0 Å². The first-order valence-electron chi connectivity index (χ1n) is 7.87. The number of amides is 1. The molecule has 0 saturated carbocycles. The first kappa shape index (κ1) is 20.5. The predicted octanol–water partition coefficient (Wildman–Crippen LogP) is 1.99. The minimum Gasteiger partial charge on any atom is -0.465 e. The van der Waals surface area contributed by atoms with Gasteiger partial charge in [-0.1, -0.05) is 18.2 Å². The van der Waals surface area contributed by atoms with Crippen molar-refractivity contribution in [3.8, 4) is 0 Å². The van der Waals surface area contributed by atoms with Crippen LogP contribution in [0.4, 0.5) is 10.1 Å². The molecule has 1 N–H and O–H groups in total. The molecule has 0 aromatic heterocycles. The highest BCUT2D eigenvalue weighted by Crippen LogP contribution is 2.19. The van der Waals surface area contributed by atoms with Gasteiger partial charge in [0.25, 0.3) is 11.6 Å². The van der Waals surface area contributed by atoms with E-state index in [0.29, 0.717) is 0 Å². The predicted molar refractivity (Wildman–Crippen MR) is 93.0 cm³/mol. The normalized spacial score (nSPS) is 10.1. The summed E-state index contributed by atoms with van der Waals surface area (Å²) in [7, 11) is 1.08. The standard InChI is InChI=1S/C18H15FN2O7/c1-27-17(23)12-6-13(8-14(7-12)21(25)26)18(24)28-10-16(22)20-9-11-4-2-3-5-15(11)19/h2-8H,9-10H2,1H3,(H,20,22). The van der Waals surface area contributed by atoms with Gasteiger partial charge in [-0.15, -0.1) is 0 Å². The molecule has 0 aliphatic heterocycles. The van der Waals surface area contributed by atoms with E-state index in [2.05, 4.69) is 10.1 Å². The van der Waals surface area contributed by atoms with Gasteiger partial charge in [0.1, 0.15) is 5.82 Å². The van der Waals surface area contributed by atoms with Gasteiger partial charge < -0.3 is 14.8 Å². The molecule has 2 rings (SSSR count). The first-order valence-corrected chi connectivity index (χ1v) is 7.87. The number of esters is 2. The Morgan fingerprint density at radius 1 is 1.11 bits per heavy atom. The van der Waals surface area contributed by atoms with E-state index >= 15 is 0 Å². The van der Waals surface area contributed by atoms with Gasteiger partial charge in [-0.2, -0.15) is 0 Å². The number of hydrogen-bond acceptors (Lipinski definition) is 7. The summed E-state index contributed by atoms with van der Waals surface area (Å²) in [6.45, 7) is -0.796. The number of nitrogens with zero attached hydrogens (tertiary/aromatic N) is 1. The van der Waals surface area contributed by atoms with E-state index in [1.165, 1.54) is 18.2 Å². The lowest BCUT2D eigenvalue weighted by Gasteiger charge is -2.08.